The molecule has 8 heteroatoms. The molecule has 0 unspecified atom stereocenters. The van der Waals surface area contributed by atoms with E-state index in [1.807, 2.05) is 31.2 Å². The van der Waals surface area contributed by atoms with Crippen molar-refractivity contribution in [3.63, 3.8) is 0 Å². The van der Waals surface area contributed by atoms with E-state index in [1.165, 1.54) is 12.8 Å². The SMILES string of the molecule is Cc1cccc(-c2nc(C3CC3)sc2Oc2ccnc(Nc3cccc(C(N)=O)c3)c2)n1. The molecule has 32 heavy (non-hydrogen) atoms. The quantitative estimate of drug-likeness (QED) is 0.395. The van der Waals surface area contributed by atoms with Crippen molar-refractivity contribution in [3.8, 4) is 22.2 Å². The largest absolute Gasteiger partial charge is 0.444 e. The molecule has 5 rings (SSSR count). The van der Waals surface area contributed by atoms with E-state index in [-0.39, 0.29) is 0 Å². The zero-order chi connectivity index (χ0) is 22.1. The fourth-order valence-corrected chi connectivity index (χ4v) is 4.39. The summed E-state index contributed by atoms with van der Waals surface area (Å²) in [7, 11) is 0. The molecule has 1 aliphatic carbocycles. The molecule has 160 valence electrons. The van der Waals surface area contributed by atoms with E-state index < -0.39 is 5.91 Å². The van der Waals surface area contributed by atoms with Crippen LogP contribution in [-0.2, 0) is 0 Å². The summed E-state index contributed by atoms with van der Waals surface area (Å²) in [6.45, 7) is 1.96. The van der Waals surface area contributed by atoms with Gasteiger partial charge in [0.25, 0.3) is 0 Å². The van der Waals surface area contributed by atoms with Gasteiger partial charge in [0.1, 0.15) is 22.3 Å². The van der Waals surface area contributed by atoms with Gasteiger partial charge < -0.3 is 15.8 Å². The van der Waals surface area contributed by atoms with E-state index in [0.29, 0.717) is 28.7 Å². The summed E-state index contributed by atoms with van der Waals surface area (Å²) in [5.41, 5.74) is 9.01. The minimum atomic E-state index is -0.479. The number of aryl methyl sites for hydroxylation is 1. The fourth-order valence-electron chi connectivity index (χ4n) is 3.28. The number of nitrogens with zero attached hydrogens (tertiary/aromatic N) is 3. The molecular weight excluding hydrogens is 422 g/mol. The Kier molecular flexibility index (Phi) is 5.28. The van der Waals surface area contributed by atoms with E-state index >= 15 is 0 Å². The van der Waals surface area contributed by atoms with Crippen LogP contribution in [0.5, 0.6) is 10.8 Å². The minimum Gasteiger partial charge on any atom is -0.444 e. The van der Waals surface area contributed by atoms with Gasteiger partial charge >= 0.3 is 0 Å². The number of nitrogens with two attached hydrogens (primary N) is 1. The second-order valence-corrected chi connectivity index (χ2v) is 8.67. The number of carbonyl (C=O) groups is 1. The summed E-state index contributed by atoms with van der Waals surface area (Å²) < 4.78 is 6.26. The second-order valence-electron chi connectivity index (χ2n) is 7.68. The molecule has 0 saturated heterocycles. The van der Waals surface area contributed by atoms with Crippen LogP contribution in [0.1, 0.15) is 39.8 Å². The van der Waals surface area contributed by atoms with Gasteiger partial charge in [-0.25, -0.2) is 9.97 Å². The summed E-state index contributed by atoms with van der Waals surface area (Å²) in [6, 6.07) is 16.5. The number of aromatic nitrogens is 3. The van der Waals surface area contributed by atoms with Crippen LogP contribution < -0.4 is 15.8 Å². The number of carbonyl (C=O) groups excluding carboxylic acids is 1. The van der Waals surface area contributed by atoms with Crippen LogP contribution in [0.15, 0.2) is 60.8 Å². The number of thiazole rings is 1. The van der Waals surface area contributed by atoms with Gasteiger partial charge in [-0.15, -0.1) is 0 Å². The fraction of sp³-hybridized carbons (Fsp3) is 0.167. The topological polar surface area (TPSA) is 103 Å². The van der Waals surface area contributed by atoms with Crippen molar-refractivity contribution in [1.82, 2.24) is 15.0 Å². The number of benzene rings is 1. The maximum atomic E-state index is 11.4. The standard InChI is InChI=1S/C24H21N5O2S/c1-14-4-2-7-19(27-14)21-24(32-23(29-21)15-8-9-15)31-18-10-11-26-20(13-18)28-17-6-3-5-16(12-17)22(25)30/h2-7,10-13,15H,8-9H2,1H3,(H2,25,30)(H,26,28). The summed E-state index contributed by atoms with van der Waals surface area (Å²) >= 11 is 1.58. The number of rotatable bonds is 7. The Morgan fingerprint density at radius 3 is 2.75 bits per heavy atom. The number of anilines is 2. The monoisotopic (exact) mass is 443 g/mol. The van der Waals surface area contributed by atoms with Crippen molar-refractivity contribution in [2.75, 3.05) is 5.32 Å². The highest BCUT2D eigenvalue weighted by Crippen LogP contribution is 2.47. The summed E-state index contributed by atoms with van der Waals surface area (Å²) in [4.78, 5) is 25.3. The smallest absolute Gasteiger partial charge is 0.248 e. The van der Waals surface area contributed by atoms with Gasteiger partial charge in [0.2, 0.25) is 11.0 Å². The molecule has 0 spiro atoms. The first-order chi connectivity index (χ1) is 15.5. The lowest BCUT2D eigenvalue weighted by Gasteiger charge is -2.09. The summed E-state index contributed by atoms with van der Waals surface area (Å²) in [5, 5.41) is 5.00. The minimum absolute atomic E-state index is 0.426. The van der Waals surface area contributed by atoms with Gasteiger partial charge in [0.05, 0.1) is 5.69 Å². The highest BCUT2D eigenvalue weighted by Gasteiger charge is 2.29. The molecule has 7 nitrogen and oxygen atoms in total. The lowest BCUT2D eigenvalue weighted by molar-refractivity contribution is 0.100. The van der Waals surface area contributed by atoms with Gasteiger partial charge in [0, 0.05) is 35.1 Å². The van der Waals surface area contributed by atoms with Crippen LogP contribution >= 0.6 is 11.3 Å². The molecule has 1 amide bonds. The first-order valence-corrected chi connectivity index (χ1v) is 11.1. The van der Waals surface area contributed by atoms with Crippen molar-refractivity contribution < 1.29 is 9.53 Å². The number of primary amides is 1. The predicted octanol–water partition coefficient (Wildman–Crippen LogP) is 5.42. The van der Waals surface area contributed by atoms with Gasteiger partial charge in [0.15, 0.2) is 0 Å². The molecule has 0 aliphatic heterocycles. The Hall–Kier alpha value is -3.78. The summed E-state index contributed by atoms with van der Waals surface area (Å²) in [5.74, 6) is 1.26. The van der Waals surface area contributed by atoms with Crippen LogP contribution in [-0.4, -0.2) is 20.9 Å². The van der Waals surface area contributed by atoms with Crippen molar-refractivity contribution in [2.45, 2.75) is 25.7 Å². The molecule has 3 N–H and O–H groups in total. The second kappa shape index (κ2) is 8.39. The first kappa shape index (κ1) is 20.1. The van der Waals surface area contributed by atoms with E-state index in [4.69, 9.17) is 15.5 Å². The van der Waals surface area contributed by atoms with Gasteiger partial charge in [-0.2, -0.15) is 0 Å². The van der Waals surface area contributed by atoms with Crippen LogP contribution in [0.4, 0.5) is 11.5 Å². The maximum Gasteiger partial charge on any atom is 0.248 e. The first-order valence-electron chi connectivity index (χ1n) is 10.3. The molecule has 0 atom stereocenters. The van der Waals surface area contributed by atoms with E-state index in [0.717, 1.165) is 27.2 Å². The maximum absolute atomic E-state index is 11.4. The van der Waals surface area contributed by atoms with Crippen LogP contribution in [0.25, 0.3) is 11.4 Å². The molecule has 1 fully saturated rings. The van der Waals surface area contributed by atoms with E-state index in [2.05, 4.69) is 15.3 Å². The lowest BCUT2D eigenvalue weighted by Crippen LogP contribution is -2.10. The molecule has 3 aromatic heterocycles. The van der Waals surface area contributed by atoms with E-state index in [1.54, 1.807) is 47.9 Å². The number of hydrogen-bond acceptors (Lipinski definition) is 7. The Labute approximate surface area is 189 Å². The molecule has 4 aromatic rings. The highest BCUT2D eigenvalue weighted by molar-refractivity contribution is 7.14. The Morgan fingerprint density at radius 1 is 1.12 bits per heavy atom. The van der Waals surface area contributed by atoms with Gasteiger partial charge in [-0.3, -0.25) is 9.78 Å². The Morgan fingerprint density at radius 2 is 1.97 bits per heavy atom. The molecular formula is C24H21N5O2S. The normalized spacial score (nSPS) is 13.0. The molecule has 1 aromatic carbocycles. The van der Waals surface area contributed by atoms with Crippen molar-refractivity contribution in [1.29, 1.82) is 0 Å². The average molecular weight is 444 g/mol. The lowest BCUT2D eigenvalue weighted by atomic mass is 10.2. The van der Waals surface area contributed by atoms with Gasteiger partial charge in [-0.05, 0) is 56.2 Å². The van der Waals surface area contributed by atoms with Crippen molar-refractivity contribution >= 4 is 28.7 Å². The van der Waals surface area contributed by atoms with Crippen LogP contribution in [0, 0.1) is 6.92 Å². The number of ether oxygens (including phenoxy) is 1. The Bertz CT molecular complexity index is 1300. The molecule has 0 bridgehead atoms. The molecule has 0 radical (unpaired) electrons. The number of hydrogen-bond donors (Lipinski definition) is 2. The predicted molar refractivity (Wildman–Crippen MR) is 125 cm³/mol. The van der Waals surface area contributed by atoms with Crippen LogP contribution in [0.3, 0.4) is 0 Å². The third kappa shape index (κ3) is 4.45. The van der Waals surface area contributed by atoms with Crippen molar-refractivity contribution in [2.24, 2.45) is 5.73 Å². The average Bonchev–Trinajstić information content (AvgIpc) is 3.55. The van der Waals surface area contributed by atoms with Crippen molar-refractivity contribution in [3.05, 3.63) is 77.1 Å². The third-order valence-electron chi connectivity index (χ3n) is 5.03. The molecule has 1 saturated carbocycles. The van der Waals surface area contributed by atoms with Crippen LogP contribution in [0.2, 0.25) is 0 Å². The molecule has 1 aliphatic rings. The van der Waals surface area contributed by atoms with Gasteiger partial charge in [-0.1, -0.05) is 23.5 Å². The summed E-state index contributed by atoms with van der Waals surface area (Å²) in [6.07, 6.45) is 4.01. The highest BCUT2D eigenvalue weighted by atomic mass is 32.1. The number of amides is 1. The third-order valence-corrected chi connectivity index (χ3v) is 6.13. The number of pyridine rings is 2. The molecule has 3 heterocycles. The van der Waals surface area contributed by atoms with E-state index in [9.17, 15) is 4.79 Å². The zero-order valence-electron chi connectivity index (χ0n) is 17.4. The zero-order valence-corrected chi connectivity index (χ0v) is 18.2. The Balaban J connectivity index is 1.42. The number of nitrogens with one attached hydrogen (secondary N) is 1.